The number of aliphatic hydroxyl groups is 2. The smallest absolute Gasteiger partial charge is 0.303 e. The number of hydrogen-bond acceptors (Lipinski definition) is 7. The van der Waals surface area contributed by atoms with E-state index in [1.807, 2.05) is 92.8 Å². The molecule has 9 heteroatoms. The molecule has 0 saturated carbocycles. The van der Waals surface area contributed by atoms with Crippen LogP contribution in [0.25, 0.3) is 0 Å². The van der Waals surface area contributed by atoms with Gasteiger partial charge >= 0.3 is 5.97 Å². The topological polar surface area (TPSA) is 129 Å². The van der Waals surface area contributed by atoms with Crippen molar-refractivity contribution < 1.29 is 34.4 Å². The number of carboxylic acids is 1. The van der Waals surface area contributed by atoms with E-state index in [1.54, 1.807) is 0 Å². The van der Waals surface area contributed by atoms with Crippen LogP contribution in [0.1, 0.15) is 78.9 Å². The van der Waals surface area contributed by atoms with Gasteiger partial charge < -0.3 is 30.1 Å². The zero-order valence-corrected chi connectivity index (χ0v) is 24.8. The molecule has 1 aliphatic rings. The Morgan fingerprint density at radius 2 is 1.58 bits per heavy atom. The Labute approximate surface area is 253 Å². The fraction of sp³-hybridized carbons (Fsp3) is 0.412. The monoisotopic (exact) mass is 590 g/mol. The molecule has 1 amide bonds. The first-order valence-corrected chi connectivity index (χ1v) is 14.7. The van der Waals surface area contributed by atoms with Gasteiger partial charge in [0.2, 0.25) is 5.91 Å². The first-order chi connectivity index (χ1) is 20.7. The van der Waals surface area contributed by atoms with Gasteiger partial charge in [-0.25, -0.2) is 0 Å². The Balaban J connectivity index is 1.43. The molecule has 1 aliphatic heterocycles. The Kier molecular flexibility index (Phi) is 11.8. The second-order valence-corrected chi connectivity index (χ2v) is 11.2. The highest BCUT2D eigenvalue weighted by atomic mass is 16.7. The molecule has 0 aliphatic carbocycles. The predicted octanol–water partition coefficient (Wildman–Crippen LogP) is 4.65. The molecule has 3 aromatic rings. The van der Waals surface area contributed by atoms with E-state index in [2.05, 4.69) is 10.2 Å². The van der Waals surface area contributed by atoms with Crippen molar-refractivity contribution in [3.05, 3.63) is 107 Å². The summed E-state index contributed by atoms with van der Waals surface area (Å²) in [5.41, 5.74) is 4.45. The largest absolute Gasteiger partial charge is 0.481 e. The van der Waals surface area contributed by atoms with E-state index < -0.39 is 18.4 Å². The number of ether oxygens (including phenoxy) is 2. The second kappa shape index (κ2) is 15.7. The fourth-order valence-electron chi connectivity index (χ4n) is 5.17. The van der Waals surface area contributed by atoms with Gasteiger partial charge in [0.1, 0.15) is 0 Å². The molecule has 230 valence electrons. The van der Waals surface area contributed by atoms with Gasteiger partial charge in [-0.2, -0.15) is 0 Å². The lowest BCUT2D eigenvalue weighted by Gasteiger charge is -2.39. The summed E-state index contributed by atoms with van der Waals surface area (Å²) in [6, 6.07) is 24.9. The number of aliphatic carboxylic acids is 1. The lowest BCUT2D eigenvalue weighted by atomic mass is 9.98. The first-order valence-electron chi connectivity index (χ1n) is 14.7. The van der Waals surface area contributed by atoms with Crippen LogP contribution in [0, 0.1) is 0 Å². The van der Waals surface area contributed by atoms with Crippen molar-refractivity contribution in [2.45, 2.75) is 76.4 Å². The fourth-order valence-corrected chi connectivity index (χ4v) is 5.17. The lowest BCUT2D eigenvalue weighted by molar-refractivity contribution is -0.253. The molecular formula is C34H42N2O7. The van der Waals surface area contributed by atoms with Gasteiger partial charge in [0.05, 0.1) is 24.9 Å². The molecule has 0 bridgehead atoms. The quantitative estimate of drug-likeness (QED) is 0.214. The third-order valence-electron chi connectivity index (χ3n) is 7.94. The number of carboxylic acid groups (broad SMARTS) is 1. The molecule has 5 atom stereocenters. The summed E-state index contributed by atoms with van der Waals surface area (Å²) in [7, 11) is 1.99. The highest BCUT2D eigenvalue weighted by Crippen LogP contribution is 2.38. The molecule has 43 heavy (non-hydrogen) atoms. The summed E-state index contributed by atoms with van der Waals surface area (Å²) < 4.78 is 12.9. The van der Waals surface area contributed by atoms with Crippen molar-refractivity contribution in [3.8, 4) is 0 Å². The number of nitrogens with one attached hydrogen (secondary N) is 1. The number of aliphatic hydroxyl groups excluding tert-OH is 2. The summed E-state index contributed by atoms with van der Waals surface area (Å²) in [6.45, 7) is 2.90. The molecule has 1 saturated heterocycles. The summed E-state index contributed by atoms with van der Waals surface area (Å²) in [5, 5.41) is 32.0. The third kappa shape index (κ3) is 9.44. The first kappa shape index (κ1) is 32.3. The Morgan fingerprint density at radius 1 is 0.930 bits per heavy atom. The number of amides is 1. The minimum atomic E-state index is -0.909. The van der Waals surface area contributed by atoms with E-state index in [4.69, 9.17) is 14.6 Å². The average Bonchev–Trinajstić information content (AvgIpc) is 3.03. The molecule has 4 N–H and O–H groups in total. The summed E-state index contributed by atoms with van der Waals surface area (Å²) in [5.74, 6) is -1.09. The zero-order valence-electron chi connectivity index (χ0n) is 24.8. The van der Waals surface area contributed by atoms with Crippen molar-refractivity contribution in [2.24, 2.45) is 0 Å². The number of carbonyl (C=O) groups excluding carboxylic acids is 1. The molecule has 9 nitrogen and oxygen atoms in total. The van der Waals surface area contributed by atoms with Crippen molar-refractivity contribution in [1.29, 1.82) is 0 Å². The number of benzene rings is 3. The van der Waals surface area contributed by atoms with E-state index in [-0.39, 0.29) is 43.6 Å². The molecule has 0 radical (unpaired) electrons. The van der Waals surface area contributed by atoms with Crippen LogP contribution in [0.5, 0.6) is 0 Å². The maximum absolute atomic E-state index is 12.0. The van der Waals surface area contributed by atoms with Crippen LogP contribution in [0.4, 0.5) is 0 Å². The minimum Gasteiger partial charge on any atom is -0.481 e. The highest BCUT2D eigenvalue weighted by molar-refractivity contribution is 5.76. The SMILES string of the molecule is C[C@@H]([C@H](O)c1ccccc1)N(C)C[C@@H]1C[C@H](c2ccc(CO)cc2)O[C@H](c2ccc(CNC(=O)CCCC(=O)O)cc2)O1. The maximum atomic E-state index is 12.0. The number of likely N-dealkylation sites (N-methyl/N-ethyl adjacent to an activating group) is 1. The summed E-state index contributed by atoms with van der Waals surface area (Å²) in [4.78, 5) is 24.8. The molecule has 0 unspecified atom stereocenters. The number of rotatable bonds is 14. The second-order valence-electron chi connectivity index (χ2n) is 11.2. The number of nitrogens with zero attached hydrogens (tertiary/aromatic N) is 1. The van der Waals surface area contributed by atoms with Gasteiger partial charge in [-0.05, 0) is 42.6 Å². The van der Waals surface area contributed by atoms with Gasteiger partial charge in [-0.3, -0.25) is 14.5 Å². The highest BCUT2D eigenvalue weighted by Gasteiger charge is 2.34. The van der Waals surface area contributed by atoms with Crippen LogP contribution in [-0.2, 0) is 32.2 Å². The zero-order chi connectivity index (χ0) is 30.8. The van der Waals surface area contributed by atoms with Crippen molar-refractivity contribution in [1.82, 2.24) is 10.2 Å². The van der Waals surface area contributed by atoms with E-state index in [0.29, 0.717) is 25.9 Å². The van der Waals surface area contributed by atoms with Gasteiger partial charge in [0, 0.05) is 44.0 Å². The van der Waals surface area contributed by atoms with Crippen molar-refractivity contribution >= 4 is 11.9 Å². The van der Waals surface area contributed by atoms with Crippen LogP contribution in [-0.4, -0.2) is 57.8 Å². The van der Waals surface area contributed by atoms with E-state index >= 15 is 0 Å². The molecule has 1 heterocycles. The molecule has 1 fully saturated rings. The Morgan fingerprint density at radius 3 is 2.23 bits per heavy atom. The third-order valence-corrected chi connectivity index (χ3v) is 7.94. The molecule has 0 spiro atoms. The molecule has 4 rings (SSSR count). The van der Waals surface area contributed by atoms with Crippen LogP contribution in [0.2, 0.25) is 0 Å². The summed E-state index contributed by atoms with van der Waals surface area (Å²) >= 11 is 0. The summed E-state index contributed by atoms with van der Waals surface area (Å²) in [6.07, 6.45) is -0.603. The minimum absolute atomic E-state index is 0.0261. The molecule has 3 aromatic carbocycles. The average molecular weight is 591 g/mol. The Bertz CT molecular complexity index is 1300. The molecule has 0 aromatic heterocycles. The van der Waals surface area contributed by atoms with Crippen molar-refractivity contribution in [3.63, 3.8) is 0 Å². The van der Waals surface area contributed by atoms with Gasteiger partial charge in [-0.15, -0.1) is 0 Å². The number of carbonyl (C=O) groups is 2. The molecular weight excluding hydrogens is 548 g/mol. The van der Waals surface area contributed by atoms with E-state index in [1.165, 1.54) is 0 Å². The van der Waals surface area contributed by atoms with Crippen molar-refractivity contribution in [2.75, 3.05) is 13.6 Å². The van der Waals surface area contributed by atoms with Gasteiger partial charge in [0.15, 0.2) is 6.29 Å². The van der Waals surface area contributed by atoms with E-state index in [9.17, 15) is 19.8 Å². The standard InChI is InChI=1S/C34H42N2O7/c1-23(33(41)27-7-4-3-5-8-27)36(2)21-29-19-30(26-15-13-25(22-37)14-16-26)43-34(42-29)28-17-11-24(12-18-28)20-35-31(38)9-6-10-32(39)40/h3-5,7-8,11-18,23,29-30,33-34,37,41H,6,9-10,19-22H2,1-2H3,(H,35,38)(H,39,40)/t23-,29-,30+,33-,34+/m0/s1. The lowest BCUT2D eigenvalue weighted by Crippen LogP contribution is -2.43. The van der Waals surface area contributed by atoms with Gasteiger partial charge in [0.25, 0.3) is 0 Å². The maximum Gasteiger partial charge on any atom is 0.303 e. The van der Waals surface area contributed by atoms with Crippen LogP contribution >= 0.6 is 0 Å². The normalized spacial score (nSPS) is 20.0. The van der Waals surface area contributed by atoms with Crippen LogP contribution < -0.4 is 5.32 Å². The van der Waals surface area contributed by atoms with Gasteiger partial charge in [-0.1, -0.05) is 78.9 Å². The van der Waals surface area contributed by atoms with E-state index in [0.717, 1.165) is 27.8 Å². The number of hydrogen-bond donors (Lipinski definition) is 4. The van der Waals surface area contributed by atoms with Crippen LogP contribution in [0.3, 0.4) is 0 Å². The van der Waals surface area contributed by atoms with Crippen LogP contribution in [0.15, 0.2) is 78.9 Å². The Hall–Kier alpha value is -3.60. The predicted molar refractivity (Wildman–Crippen MR) is 162 cm³/mol.